The number of para-hydroxylation sites is 1. The Hall–Kier alpha value is -0.960. The molecule has 0 radical (unpaired) electrons. The number of hydrogen-bond acceptors (Lipinski definition) is 4. The maximum atomic E-state index is 10.6. The van der Waals surface area contributed by atoms with E-state index in [-0.39, 0.29) is 0 Å². The standard InChI is InChI=1S/C13H19NO3P/c15-18-17-13-6-2-1-4-12(13)5-3-7-14-8-10-16-11-9-14/h1-2,4,6,18H,3,5,7-11H2/q+1. The average molecular weight is 268 g/mol. The van der Waals surface area contributed by atoms with Gasteiger partial charge in [0.1, 0.15) is 0 Å². The molecule has 5 heteroatoms. The summed E-state index contributed by atoms with van der Waals surface area (Å²) < 4.78 is 21.0. The highest BCUT2D eigenvalue weighted by molar-refractivity contribution is 7.17. The van der Waals surface area contributed by atoms with Crippen LogP contribution in [-0.2, 0) is 15.7 Å². The minimum Gasteiger partial charge on any atom is -0.379 e. The minimum absolute atomic E-state index is 0.736. The van der Waals surface area contributed by atoms with Crippen LogP contribution in [0.3, 0.4) is 0 Å². The highest BCUT2D eigenvalue weighted by Crippen LogP contribution is 2.22. The van der Waals surface area contributed by atoms with E-state index in [4.69, 9.17) is 9.26 Å². The second-order valence-corrected chi connectivity index (χ2v) is 4.72. The van der Waals surface area contributed by atoms with E-state index in [1.165, 1.54) is 0 Å². The first kappa shape index (κ1) is 13.5. The predicted octanol–water partition coefficient (Wildman–Crippen LogP) is 2.27. The van der Waals surface area contributed by atoms with Crippen molar-refractivity contribution < 1.29 is 13.8 Å². The van der Waals surface area contributed by atoms with Gasteiger partial charge in [-0.05, 0) is 30.0 Å². The quantitative estimate of drug-likeness (QED) is 0.742. The first-order chi connectivity index (χ1) is 8.90. The molecular formula is C13H19NO3P+. The third kappa shape index (κ3) is 4.05. The van der Waals surface area contributed by atoms with E-state index in [1.807, 2.05) is 24.3 Å². The van der Waals surface area contributed by atoms with E-state index in [0.29, 0.717) is 0 Å². The molecule has 0 N–H and O–H groups in total. The molecule has 1 unspecified atom stereocenters. The molecular weight excluding hydrogens is 249 g/mol. The smallest absolute Gasteiger partial charge is 0.379 e. The zero-order valence-corrected chi connectivity index (χ0v) is 11.4. The predicted molar refractivity (Wildman–Crippen MR) is 71.7 cm³/mol. The number of ether oxygens (including phenoxy) is 1. The lowest BCUT2D eigenvalue weighted by Gasteiger charge is -2.26. The molecule has 0 saturated carbocycles. The lowest BCUT2D eigenvalue weighted by molar-refractivity contribution is 0.0374. The third-order valence-corrected chi connectivity index (χ3v) is 3.45. The van der Waals surface area contributed by atoms with Crippen LogP contribution in [0.25, 0.3) is 0 Å². The van der Waals surface area contributed by atoms with Gasteiger partial charge in [0.25, 0.3) is 0 Å². The highest BCUT2D eigenvalue weighted by atomic mass is 31.1. The number of hydrogen-bond donors (Lipinski definition) is 0. The second-order valence-electron chi connectivity index (χ2n) is 4.35. The molecule has 1 aliphatic heterocycles. The average Bonchev–Trinajstić information content (AvgIpc) is 2.42. The van der Waals surface area contributed by atoms with Crippen LogP contribution in [-0.4, -0.2) is 37.7 Å². The summed E-state index contributed by atoms with van der Waals surface area (Å²) in [5.74, 6) is 0.743. The molecule has 98 valence electrons. The molecule has 1 aromatic rings. The third-order valence-electron chi connectivity index (χ3n) is 3.15. The van der Waals surface area contributed by atoms with Gasteiger partial charge in [0.2, 0.25) is 0 Å². The summed E-state index contributed by atoms with van der Waals surface area (Å²) in [5.41, 5.74) is 1.13. The minimum atomic E-state index is -0.736. The topological polar surface area (TPSA) is 38.8 Å². The Kier molecular flexibility index (Phi) is 5.59. The summed E-state index contributed by atoms with van der Waals surface area (Å²) in [6, 6.07) is 7.80. The zero-order chi connectivity index (χ0) is 12.6. The van der Waals surface area contributed by atoms with Crippen LogP contribution in [0.15, 0.2) is 24.3 Å². The lowest BCUT2D eigenvalue weighted by Crippen LogP contribution is -2.36. The van der Waals surface area contributed by atoms with Gasteiger partial charge in [-0.25, -0.2) is 0 Å². The van der Waals surface area contributed by atoms with Crippen molar-refractivity contribution in [2.24, 2.45) is 0 Å². The maximum Gasteiger partial charge on any atom is 0.542 e. The molecule has 0 bridgehead atoms. The Morgan fingerprint density at radius 2 is 2.06 bits per heavy atom. The van der Waals surface area contributed by atoms with Crippen molar-refractivity contribution in [2.75, 3.05) is 32.8 Å². The van der Waals surface area contributed by atoms with Crippen molar-refractivity contribution in [3.8, 4) is 5.75 Å². The second kappa shape index (κ2) is 7.47. The largest absolute Gasteiger partial charge is 0.542 e. The summed E-state index contributed by atoms with van der Waals surface area (Å²) >= 11 is 0. The molecule has 1 saturated heterocycles. The van der Waals surface area contributed by atoms with E-state index >= 15 is 0 Å². The summed E-state index contributed by atoms with van der Waals surface area (Å²) in [7, 11) is -0.736. The van der Waals surface area contributed by atoms with Crippen molar-refractivity contribution in [1.29, 1.82) is 0 Å². The zero-order valence-electron chi connectivity index (χ0n) is 10.4. The number of nitrogens with zero attached hydrogens (tertiary/aromatic N) is 1. The van der Waals surface area contributed by atoms with Gasteiger partial charge in [0, 0.05) is 18.7 Å². The van der Waals surface area contributed by atoms with Crippen LogP contribution in [0.2, 0.25) is 0 Å². The van der Waals surface area contributed by atoms with Crippen LogP contribution in [0.4, 0.5) is 0 Å². The fourth-order valence-corrected chi connectivity index (χ4v) is 2.46. The Labute approximate surface area is 109 Å². The normalized spacial score (nSPS) is 16.9. The molecule has 1 aromatic carbocycles. The number of morpholine rings is 1. The van der Waals surface area contributed by atoms with Gasteiger partial charge in [-0.1, -0.05) is 18.2 Å². The summed E-state index contributed by atoms with van der Waals surface area (Å²) in [5, 5.41) is 0. The molecule has 0 aromatic heterocycles. The van der Waals surface area contributed by atoms with E-state index in [9.17, 15) is 4.57 Å². The van der Waals surface area contributed by atoms with Crippen molar-refractivity contribution in [2.45, 2.75) is 12.8 Å². The van der Waals surface area contributed by atoms with Crippen LogP contribution in [0, 0.1) is 0 Å². The van der Waals surface area contributed by atoms with Crippen LogP contribution in [0.1, 0.15) is 12.0 Å². The van der Waals surface area contributed by atoms with Crippen molar-refractivity contribution in [3.05, 3.63) is 29.8 Å². The molecule has 1 atom stereocenters. The fraction of sp³-hybridized carbons (Fsp3) is 0.538. The lowest BCUT2D eigenvalue weighted by atomic mass is 10.1. The number of aryl methyl sites for hydroxylation is 1. The Balaban J connectivity index is 1.80. The SMILES string of the molecule is O=[PH+]Oc1ccccc1CCCN1CCOCC1. The molecule has 4 nitrogen and oxygen atoms in total. The van der Waals surface area contributed by atoms with Gasteiger partial charge in [-0.15, -0.1) is 0 Å². The molecule has 0 aliphatic carbocycles. The van der Waals surface area contributed by atoms with Gasteiger partial charge < -0.3 is 4.74 Å². The summed E-state index contributed by atoms with van der Waals surface area (Å²) in [6.07, 6.45) is 2.04. The maximum absolute atomic E-state index is 10.6. The fourth-order valence-electron chi connectivity index (χ4n) is 2.17. The number of rotatable bonds is 6. The Bertz CT molecular complexity index is 380. The highest BCUT2D eigenvalue weighted by Gasteiger charge is 2.11. The van der Waals surface area contributed by atoms with Crippen LogP contribution < -0.4 is 4.52 Å². The van der Waals surface area contributed by atoms with E-state index in [0.717, 1.165) is 57.0 Å². The van der Waals surface area contributed by atoms with Gasteiger partial charge in [0.15, 0.2) is 5.75 Å². The first-order valence-corrected chi connectivity index (χ1v) is 7.14. The summed E-state index contributed by atoms with van der Waals surface area (Å²) in [6.45, 7) is 4.82. The Morgan fingerprint density at radius 1 is 1.28 bits per heavy atom. The monoisotopic (exact) mass is 268 g/mol. The molecule has 2 rings (SSSR count). The van der Waals surface area contributed by atoms with Gasteiger partial charge in [-0.3, -0.25) is 9.42 Å². The number of benzene rings is 1. The molecule has 1 fully saturated rings. The van der Waals surface area contributed by atoms with Crippen molar-refractivity contribution in [3.63, 3.8) is 0 Å². The van der Waals surface area contributed by atoms with E-state index in [1.54, 1.807) is 0 Å². The first-order valence-electron chi connectivity index (χ1n) is 6.32. The molecule has 18 heavy (non-hydrogen) atoms. The van der Waals surface area contributed by atoms with Crippen molar-refractivity contribution in [1.82, 2.24) is 4.90 Å². The van der Waals surface area contributed by atoms with Crippen molar-refractivity contribution >= 4 is 8.69 Å². The van der Waals surface area contributed by atoms with E-state index < -0.39 is 8.69 Å². The van der Waals surface area contributed by atoms with Crippen LogP contribution in [0.5, 0.6) is 5.75 Å². The molecule has 0 amide bonds. The van der Waals surface area contributed by atoms with Gasteiger partial charge in [-0.2, -0.15) is 0 Å². The molecule has 1 aliphatic rings. The molecule has 0 spiro atoms. The molecule has 1 heterocycles. The van der Waals surface area contributed by atoms with Gasteiger partial charge in [0.05, 0.1) is 13.2 Å². The summed E-state index contributed by atoms with van der Waals surface area (Å²) in [4.78, 5) is 2.42. The van der Waals surface area contributed by atoms with Crippen LogP contribution >= 0.6 is 8.69 Å². The van der Waals surface area contributed by atoms with Gasteiger partial charge >= 0.3 is 8.69 Å². The Morgan fingerprint density at radius 3 is 2.83 bits per heavy atom. The van der Waals surface area contributed by atoms with E-state index in [2.05, 4.69) is 4.90 Å².